The van der Waals surface area contributed by atoms with Gasteiger partial charge in [-0.3, -0.25) is 10.3 Å². The fourth-order valence-corrected chi connectivity index (χ4v) is 8.69. The van der Waals surface area contributed by atoms with E-state index in [2.05, 4.69) is 10.3 Å². The fraction of sp³-hybridized carbons (Fsp3) is 0.571. The maximum Gasteiger partial charge on any atom is 0.243 e. The standard InChI is InChI=1S/C35H48N6O9S/c1-35(2,14-7-4-8-15-38-33(37)39-22-36)21-40(51(45,46)25-11-12-30-31(18-25)50-23-49-30)19-29(42)27(17-24-9-5-3-6-10-24)41(34(43)44)28-20-48-32-26(28)13-16-47-32/h3,5-6,9-12,18,26-29,32,42H,4,7-8,13-17,19-21,23H2,1-2H3,(H,43,44)(H3,37,38,39)/p-1/t26-,27-,28-,29+,32+/m0/s1. The number of aliphatic hydroxyl groups excluding tert-OH is 1. The number of fused-ring (bicyclic) bond motifs is 2. The summed E-state index contributed by atoms with van der Waals surface area (Å²) in [4.78, 5) is 18.1. The molecular weight excluding hydrogens is 680 g/mol. The third kappa shape index (κ3) is 9.60. The van der Waals surface area contributed by atoms with Crippen molar-refractivity contribution in [2.24, 2.45) is 22.1 Å². The lowest BCUT2D eigenvalue weighted by Gasteiger charge is -2.43. The number of amides is 1. The number of benzene rings is 2. The van der Waals surface area contributed by atoms with Crippen molar-refractivity contribution >= 4 is 22.1 Å². The number of hydrogen-bond donors (Lipinski definition) is 3. The second-order valence-corrected chi connectivity index (χ2v) is 15.8. The van der Waals surface area contributed by atoms with Gasteiger partial charge < -0.3 is 44.6 Å². The average Bonchev–Trinajstić information content (AvgIpc) is 3.85. The van der Waals surface area contributed by atoms with Gasteiger partial charge in [-0.05, 0) is 48.8 Å². The van der Waals surface area contributed by atoms with E-state index in [1.54, 1.807) is 6.19 Å². The number of nitrogens with one attached hydrogen (secondary N) is 1. The Hall–Kier alpha value is -4.14. The topological polar surface area (TPSA) is 212 Å². The van der Waals surface area contributed by atoms with Crippen LogP contribution < -0.4 is 25.6 Å². The van der Waals surface area contributed by atoms with Crippen LogP contribution in [0.1, 0.15) is 51.5 Å². The van der Waals surface area contributed by atoms with E-state index >= 15 is 0 Å². The van der Waals surface area contributed by atoms with E-state index in [9.17, 15) is 23.4 Å². The van der Waals surface area contributed by atoms with Crippen LogP contribution in [-0.2, 0) is 25.9 Å². The highest BCUT2D eigenvalue weighted by atomic mass is 32.2. The van der Waals surface area contributed by atoms with E-state index in [4.69, 9.17) is 29.9 Å². The van der Waals surface area contributed by atoms with E-state index in [0.717, 1.165) is 29.7 Å². The van der Waals surface area contributed by atoms with Gasteiger partial charge in [0.15, 0.2) is 24.0 Å². The molecule has 15 nitrogen and oxygen atoms in total. The molecule has 51 heavy (non-hydrogen) atoms. The third-order valence-corrected chi connectivity index (χ3v) is 11.4. The number of guanidine groups is 1. The molecule has 0 radical (unpaired) electrons. The highest BCUT2D eigenvalue weighted by Gasteiger charge is 2.47. The van der Waals surface area contributed by atoms with Crippen molar-refractivity contribution in [2.45, 2.75) is 81.7 Å². The lowest BCUT2D eigenvalue weighted by molar-refractivity contribution is -0.273. The Kier molecular flexibility index (Phi) is 12.6. The van der Waals surface area contributed by atoms with Crippen molar-refractivity contribution in [2.75, 3.05) is 39.6 Å². The second-order valence-electron chi connectivity index (χ2n) is 13.9. The molecule has 0 aliphatic carbocycles. The SMILES string of the molecule is CC(C)(CCCCCN=C(N)NC#N)CN(C[C@@H](O)[C@H](Cc1ccccc1)N(C(=O)[O-])[C@H]1CO[C@H]2OCC[C@H]21)S(=O)(=O)c1ccc2c(c1)OCO2. The van der Waals surface area contributed by atoms with Crippen LogP contribution in [-0.4, -0.2) is 98.9 Å². The molecule has 1 amide bonds. The number of nitrogens with zero attached hydrogens (tertiary/aromatic N) is 4. The molecule has 3 aliphatic rings. The maximum absolute atomic E-state index is 14.5. The van der Waals surface area contributed by atoms with Crippen LogP contribution in [0, 0.1) is 22.8 Å². The first-order valence-electron chi connectivity index (χ1n) is 17.2. The first-order valence-corrected chi connectivity index (χ1v) is 18.6. The molecule has 2 saturated heterocycles. The van der Waals surface area contributed by atoms with Crippen molar-refractivity contribution in [3.8, 4) is 17.7 Å². The van der Waals surface area contributed by atoms with Gasteiger partial charge in [-0.25, -0.2) is 8.42 Å². The summed E-state index contributed by atoms with van der Waals surface area (Å²) in [7, 11) is -4.24. The predicted molar refractivity (Wildman–Crippen MR) is 184 cm³/mol. The van der Waals surface area contributed by atoms with Crippen LogP contribution in [0.4, 0.5) is 4.79 Å². The first-order chi connectivity index (χ1) is 24.4. The smallest absolute Gasteiger partial charge is 0.243 e. The summed E-state index contributed by atoms with van der Waals surface area (Å²) < 4.78 is 52.5. The van der Waals surface area contributed by atoms with Gasteiger partial charge in [0.05, 0.1) is 36.3 Å². The Bertz CT molecular complexity index is 1670. The zero-order valence-corrected chi connectivity index (χ0v) is 29.8. The number of aliphatic imine (C=N–C) groups is 1. The zero-order chi connectivity index (χ0) is 36.6. The van der Waals surface area contributed by atoms with E-state index in [1.165, 1.54) is 22.5 Å². The van der Waals surface area contributed by atoms with Gasteiger partial charge in [-0.15, -0.1) is 0 Å². The number of carbonyl (C=O) groups is 1. The molecule has 0 bridgehead atoms. The molecule has 4 N–H and O–H groups in total. The average molecular weight is 728 g/mol. The number of nitrogens with two attached hydrogens (primary N) is 1. The molecule has 0 spiro atoms. The molecule has 2 aromatic carbocycles. The molecule has 16 heteroatoms. The largest absolute Gasteiger partial charge is 0.530 e. The number of nitriles is 1. The maximum atomic E-state index is 14.5. The van der Waals surface area contributed by atoms with Gasteiger partial charge in [0, 0.05) is 31.6 Å². The minimum absolute atomic E-state index is 0.0287. The van der Waals surface area contributed by atoms with Crippen LogP contribution in [0.2, 0.25) is 0 Å². The van der Waals surface area contributed by atoms with Crippen LogP contribution >= 0.6 is 0 Å². The molecule has 5 rings (SSSR count). The molecule has 278 valence electrons. The van der Waals surface area contributed by atoms with E-state index in [-0.39, 0.29) is 49.7 Å². The van der Waals surface area contributed by atoms with E-state index in [0.29, 0.717) is 37.5 Å². The van der Waals surface area contributed by atoms with E-state index in [1.807, 2.05) is 44.2 Å². The summed E-state index contributed by atoms with van der Waals surface area (Å²) in [6.07, 6.45) is 1.87. The number of unbranched alkanes of at least 4 members (excludes halogenated alkanes) is 2. The van der Waals surface area contributed by atoms with E-state index < -0.39 is 46.0 Å². The highest BCUT2D eigenvalue weighted by molar-refractivity contribution is 7.89. The Morgan fingerprint density at radius 2 is 1.92 bits per heavy atom. The molecule has 0 saturated carbocycles. The molecule has 2 fully saturated rings. The van der Waals surface area contributed by atoms with Crippen molar-refractivity contribution in [3.05, 3.63) is 54.1 Å². The molecule has 3 aliphatic heterocycles. The summed E-state index contributed by atoms with van der Waals surface area (Å²) in [5.41, 5.74) is 5.83. The quantitative estimate of drug-likeness (QED) is 0.0700. The predicted octanol–water partition coefficient (Wildman–Crippen LogP) is 1.76. The van der Waals surface area contributed by atoms with Crippen LogP contribution in [0.3, 0.4) is 0 Å². The number of rotatable bonds is 17. The van der Waals surface area contributed by atoms with Crippen molar-refractivity contribution in [1.29, 1.82) is 5.26 Å². The number of carbonyl (C=O) groups excluding carboxylic acids is 1. The third-order valence-electron chi connectivity index (χ3n) is 9.62. The van der Waals surface area contributed by atoms with Crippen molar-refractivity contribution in [3.63, 3.8) is 0 Å². The minimum Gasteiger partial charge on any atom is -0.530 e. The van der Waals surface area contributed by atoms with Gasteiger partial charge in [-0.2, -0.15) is 9.57 Å². The summed E-state index contributed by atoms with van der Waals surface area (Å²) >= 11 is 0. The molecular formula is C35H47N6O9S-. The molecule has 5 atom stereocenters. The second kappa shape index (κ2) is 16.9. The summed E-state index contributed by atoms with van der Waals surface area (Å²) in [6.45, 7) is 4.47. The minimum atomic E-state index is -4.24. The number of sulfonamides is 1. The molecule has 0 aromatic heterocycles. The van der Waals surface area contributed by atoms with Crippen molar-refractivity contribution < 1.29 is 42.4 Å². The number of ether oxygens (including phenoxy) is 4. The number of aliphatic hydroxyl groups is 1. The van der Waals surface area contributed by atoms with Crippen LogP contribution in [0.15, 0.2) is 58.4 Å². The normalized spacial score (nSPS) is 21.2. The lowest BCUT2D eigenvalue weighted by atomic mass is 9.86. The summed E-state index contributed by atoms with van der Waals surface area (Å²) in [6, 6.07) is 11.8. The van der Waals surface area contributed by atoms with Crippen LogP contribution in [0.5, 0.6) is 11.5 Å². The Balaban J connectivity index is 1.40. The number of carboxylic acid groups (broad SMARTS) is 1. The monoisotopic (exact) mass is 727 g/mol. The van der Waals surface area contributed by atoms with Gasteiger partial charge in [-0.1, -0.05) is 57.0 Å². The first kappa shape index (κ1) is 38.1. The number of hydrogen-bond acceptors (Lipinski definition) is 11. The zero-order valence-electron chi connectivity index (χ0n) is 29.0. The molecule has 3 heterocycles. The van der Waals surface area contributed by atoms with Gasteiger partial charge in [0.1, 0.15) is 6.09 Å². The van der Waals surface area contributed by atoms with Crippen molar-refractivity contribution in [1.82, 2.24) is 14.5 Å². The van der Waals surface area contributed by atoms with Gasteiger partial charge >= 0.3 is 0 Å². The highest BCUT2D eigenvalue weighted by Crippen LogP contribution is 2.38. The van der Waals surface area contributed by atoms with Gasteiger partial charge in [0.2, 0.25) is 22.8 Å². The lowest BCUT2D eigenvalue weighted by Crippen LogP contribution is -2.61. The molecule has 2 aromatic rings. The summed E-state index contributed by atoms with van der Waals surface area (Å²) in [5, 5.41) is 35.9. The Labute approximate surface area is 299 Å². The Morgan fingerprint density at radius 1 is 1.16 bits per heavy atom. The van der Waals surface area contributed by atoms with Gasteiger partial charge in [0.25, 0.3) is 0 Å². The fourth-order valence-electron chi connectivity index (χ4n) is 7.03. The Morgan fingerprint density at radius 3 is 2.67 bits per heavy atom. The van der Waals surface area contributed by atoms with Crippen LogP contribution in [0.25, 0.3) is 0 Å². The summed E-state index contributed by atoms with van der Waals surface area (Å²) in [5.74, 6) is 0.533. The molecule has 0 unspecified atom stereocenters.